The summed E-state index contributed by atoms with van der Waals surface area (Å²) < 4.78 is 0. The zero-order valence-corrected chi connectivity index (χ0v) is 7.45. The van der Waals surface area contributed by atoms with E-state index in [1.807, 2.05) is 5.51 Å². The molecule has 60 valence electrons. The maximum atomic E-state index is 4.31. The number of fused-ring (bicyclic) bond motifs is 1. The van der Waals surface area contributed by atoms with Gasteiger partial charge in [0.05, 0.1) is 11.2 Å². The molecule has 1 N–H and O–H groups in total. The monoisotopic (exact) mass is 168 g/mol. The number of hydrogen-bond donors (Lipinski definition) is 1. The van der Waals surface area contributed by atoms with Gasteiger partial charge in [0.15, 0.2) is 0 Å². The number of hydrogen-bond acceptors (Lipinski definition) is 3. The summed E-state index contributed by atoms with van der Waals surface area (Å²) in [5.74, 6) is 0.714. The van der Waals surface area contributed by atoms with E-state index in [1.165, 1.54) is 17.0 Å². The first-order valence-electron chi connectivity index (χ1n) is 4.04. The molecular formula is C8H12N2S. The molecule has 2 heterocycles. The summed E-state index contributed by atoms with van der Waals surface area (Å²) in [4.78, 5) is 5.82. The van der Waals surface area contributed by atoms with Crippen LogP contribution >= 0.6 is 11.3 Å². The van der Waals surface area contributed by atoms with E-state index in [0.29, 0.717) is 5.92 Å². The molecule has 0 spiro atoms. The minimum absolute atomic E-state index is 0.714. The normalized spacial score (nSPS) is 23.2. The van der Waals surface area contributed by atoms with Crippen molar-refractivity contribution in [1.82, 2.24) is 10.3 Å². The molecule has 1 aliphatic heterocycles. The third kappa shape index (κ3) is 1.19. The molecule has 1 aromatic heterocycles. The van der Waals surface area contributed by atoms with Gasteiger partial charge in [0.2, 0.25) is 0 Å². The molecule has 0 saturated heterocycles. The van der Waals surface area contributed by atoms with Crippen LogP contribution in [0.1, 0.15) is 29.8 Å². The van der Waals surface area contributed by atoms with Crippen molar-refractivity contribution >= 4 is 11.3 Å². The molecule has 1 aliphatic rings. The second-order valence-corrected chi connectivity index (χ2v) is 3.79. The molecule has 1 atom stereocenters. The van der Waals surface area contributed by atoms with Gasteiger partial charge >= 0.3 is 0 Å². The molecule has 0 fully saturated rings. The number of aromatic nitrogens is 1. The molecular weight excluding hydrogens is 156 g/mol. The Morgan fingerprint density at radius 2 is 2.73 bits per heavy atom. The van der Waals surface area contributed by atoms with Crippen molar-refractivity contribution in [2.24, 2.45) is 0 Å². The van der Waals surface area contributed by atoms with Crippen LogP contribution in [-0.2, 0) is 6.54 Å². The Balaban J connectivity index is 2.32. The first kappa shape index (κ1) is 7.25. The molecule has 0 saturated carbocycles. The van der Waals surface area contributed by atoms with Crippen LogP contribution in [0.15, 0.2) is 5.51 Å². The molecule has 0 aliphatic carbocycles. The summed E-state index contributed by atoms with van der Waals surface area (Å²) in [6.45, 7) is 4.34. The first-order chi connectivity index (χ1) is 5.42. The smallest absolute Gasteiger partial charge is 0.0798 e. The van der Waals surface area contributed by atoms with Gasteiger partial charge in [-0.1, -0.05) is 6.92 Å². The lowest BCUT2D eigenvalue weighted by Crippen LogP contribution is -2.26. The van der Waals surface area contributed by atoms with E-state index in [-0.39, 0.29) is 0 Å². The second kappa shape index (κ2) is 2.91. The maximum absolute atomic E-state index is 4.31. The van der Waals surface area contributed by atoms with Gasteiger partial charge < -0.3 is 5.32 Å². The Hall–Kier alpha value is -0.410. The van der Waals surface area contributed by atoms with E-state index in [0.717, 1.165) is 13.1 Å². The Labute approximate surface area is 70.7 Å². The highest BCUT2D eigenvalue weighted by Crippen LogP contribution is 2.28. The summed E-state index contributed by atoms with van der Waals surface area (Å²) >= 11 is 1.81. The summed E-state index contributed by atoms with van der Waals surface area (Å²) in [6.07, 6.45) is 1.22. The van der Waals surface area contributed by atoms with Crippen LogP contribution in [0.3, 0.4) is 0 Å². The Morgan fingerprint density at radius 3 is 3.55 bits per heavy atom. The minimum Gasteiger partial charge on any atom is -0.310 e. The molecule has 0 aromatic carbocycles. The zero-order valence-electron chi connectivity index (χ0n) is 6.63. The molecule has 0 bridgehead atoms. The van der Waals surface area contributed by atoms with Crippen LogP contribution in [0.2, 0.25) is 0 Å². The Kier molecular flexibility index (Phi) is 1.92. The lowest BCUT2D eigenvalue weighted by Gasteiger charge is -2.20. The van der Waals surface area contributed by atoms with Gasteiger partial charge in [0.1, 0.15) is 0 Å². The average molecular weight is 168 g/mol. The predicted octanol–water partition coefficient (Wildman–Crippen LogP) is 1.74. The van der Waals surface area contributed by atoms with E-state index in [2.05, 4.69) is 17.2 Å². The maximum Gasteiger partial charge on any atom is 0.0798 e. The molecule has 0 amide bonds. The van der Waals surface area contributed by atoms with Crippen molar-refractivity contribution in [1.29, 1.82) is 0 Å². The summed E-state index contributed by atoms with van der Waals surface area (Å²) in [5.41, 5.74) is 3.23. The third-order valence-corrected chi connectivity index (χ3v) is 3.25. The van der Waals surface area contributed by atoms with Crippen molar-refractivity contribution in [2.45, 2.75) is 25.8 Å². The number of rotatable bonds is 1. The van der Waals surface area contributed by atoms with Crippen molar-refractivity contribution < 1.29 is 0 Å². The summed E-state index contributed by atoms with van der Waals surface area (Å²) in [6, 6.07) is 0. The van der Waals surface area contributed by atoms with Crippen molar-refractivity contribution in [3.63, 3.8) is 0 Å². The van der Waals surface area contributed by atoms with E-state index >= 15 is 0 Å². The molecule has 11 heavy (non-hydrogen) atoms. The highest BCUT2D eigenvalue weighted by atomic mass is 32.1. The van der Waals surface area contributed by atoms with Gasteiger partial charge in [-0.05, 0) is 6.42 Å². The minimum atomic E-state index is 0.714. The van der Waals surface area contributed by atoms with E-state index in [1.54, 1.807) is 11.3 Å². The van der Waals surface area contributed by atoms with E-state index < -0.39 is 0 Å². The lowest BCUT2D eigenvalue weighted by atomic mass is 10.0. The van der Waals surface area contributed by atoms with Gasteiger partial charge in [-0.2, -0.15) is 0 Å². The van der Waals surface area contributed by atoms with Crippen LogP contribution in [0, 0.1) is 0 Å². The van der Waals surface area contributed by atoms with Crippen molar-refractivity contribution in [3.8, 4) is 0 Å². The number of nitrogens with zero attached hydrogens (tertiary/aromatic N) is 1. The second-order valence-electron chi connectivity index (χ2n) is 2.90. The molecule has 3 heteroatoms. The van der Waals surface area contributed by atoms with Crippen LogP contribution in [0.4, 0.5) is 0 Å². The quantitative estimate of drug-likeness (QED) is 0.691. The third-order valence-electron chi connectivity index (χ3n) is 2.22. The molecule has 2 rings (SSSR count). The predicted molar refractivity (Wildman–Crippen MR) is 46.9 cm³/mol. The first-order valence-corrected chi connectivity index (χ1v) is 4.92. The van der Waals surface area contributed by atoms with Crippen molar-refractivity contribution in [3.05, 3.63) is 16.1 Å². The van der Waals surface area contributed by atoms with E-state index in [4.69, 9.17) is 0 Å². The highest BCUT2D eigenvalue weighted by Gasteiger charge is 2.19. The van der Waals surface area contributed by atoms with Crippen LogP contribution < -0.4 is 5.32 Å². The topological polar surface area (TPSA) is 24.9 Å². The van der Waals surface area contributed by atoms with Crippen LogP contribution in [-0.4, -0.2) is 11.5 Å². The largest absolute Gasteiger partial charge is 0.310 e. The fourth-order valence-electron chi connectivity index (χ4n) is 1.53. The van der Waals surface area contributed by atoms with Gasteiger partial charge in [0.25, 0.3) is 0 Å². The Bertz CT molecular complexity index is 244. The van der Waals surface area contributed by atoms with Gasteiger partial charge in [-0.25, -0.2) is 4.98 Å². The summed E-state index contributed by atoms with van der Waals surface area (Å²) in [5, 5.41) is 3.37. The summed E-state index contributed by atoms with van der Waals surface area (Å²) in [7, 11) is 0. The zero-order chi connectivity index (χ0) is 7.68. The van der Waals surface area contributed by atoms with Gasteiger partial charge in [-0.15, -0.1) is 11.3 Å². The molecule has 2 nitrogen and oxygen atoms in total. The van der Waals surface area contributed by atoms with Crippen molar-refractivity contribution in [2.75, 3.05) is 6.54 Å². The van der Waals surface area contributed by atoms with Crippen LogP contribution in [0.25, 0.3) is 0 Å². The lowest BCUT2D eigenvalue weighted by molar-refractivity contribution is 0.532. The standard InChI is InChI=1S/C8H12N2S/c1-2-6-3-9-4-7-8(6)11-5-10-7/h5-6,9H,2-4H2,1H3. The van der Waals surface area contributed by atoms with Gasteiger partial charge in [-0.3, -0.25) is 0 Å². The molecule has 1 unspecified atom stereocenters. The number of nitrogens with one attached hydrogen (secondary N) is 1. The molecule has 1 aromatic rings. The van der Waals surface area contributed by atoms with E-state index in [9.17, 15) is 0 Å². The molecule has 0 radical (unpaired) electrons. The van der Waals surface area contributed by atoms with Gasteiger partial charge in [0, 0.05) is 23.9 Å². The SMILES string of the molecule is CCC1CNCc2ncsc21. The highest BCUT2D eigenvalue weighted by molar-refractivity contribution is 7.09. The fourth-order valence-corrected chi connectivity index (χ4v) is 2.53. The fraction of sp³-hybridized carbons (Fsp3) is 0.625. The Morgan fingerprint density at radius 1 is 1.82 bits per heavy atom. The van der Waals surface area contributed by atoms with Crippen LogP contribution in [0.5, 0.6) is 0 Å². The number of thiazole rings is 1. The average Bonchev–Trinajstić information content (AvgIpc) is 2.50.